The maximum Gasteiger partial charge on any atom is 0.307 e. The number of carbonyl (C=O) groups excluding carboxylic acids is 2. The standard InChI is InChI=1S/C16H23N3O3S2/c1-11-18-19-15(24-11)23-9-5-8-17-14(21)12-10-13(20)22-16(12)6-3-2-4-7-16/h12H,2-10H2,1H3,(H,17,21)/t12-/m0/s1. The number of aryl methyl sites for hydroxylation is 1. The van der Waals surface area contributed by atoms with Crippen LogP contribution >= 0.6 is 23.1 Å². The molecule has 1 aliphatic heterocycles. The number of hydrogen-bond donors (Lipinski definition) is 1. The molecule has 2 heterocycles. The molecule has 0 radical (unpaired) electrons. The minimum atomic E-state index is -0.530. The number of nitrogens with one attached hydrogen (secondary N) is 1. The van der Waals surface area contributed by atoms with Crippen LogP contribution in [0.3, 0.4) is 0 Å². The van der Waals surface area contributed by atoms with Crippen LogP contribution in [0.15, 0.2) is 4.34 Å². The Morgan fingerprint density at radius 3 is 2.88 bits per heavy atom. The van der Waals surface area contributed by atoms with Crippen LogP contribution < -0.4 is 5.32 Å². The first-order chi connectivity index (χ1) is 11.6. The van der Waals surface area contributed by atoms with E-state index in [9.17, 15) is 9.59 Å². The number of rotatable bonds is 6. The highest BCUT2D eigenvalue weighted by Crippen LogP contribution is 2.44. The second-order valence-corrected chi connectivity index (χ2v) is 8.96. The largest absolute Gasteiger partial charge is 0.458 e. The highest BCUT2D eigenvalue weighted by Gasteiger charge is 2.52. The number of thioether (sulfide) groups is 1. The fourth-order valence-corrected chi connectivity index (χ4v) is 5.35. The zero-order valence-electron chi connectivity index (χ0n) is 13.9. The Morgan fingerprint density at radius 2 is 2.17 bits per heavy atom. The van der Waals surface area contributed by atoms with E-state index in [0.29, 0.717) is 6.54 Å². The number of aromatic nitrogens is 2. The van der Waals surface area contributed by atoms with Gasteiger partial charge in [-0.2, -0.15) is 0 Å². The number of hydrogen-bond acceptors (Lipinski definition) is 7. The molecule has 0 bridgehead atoms. The van der Waals surface area contributed by atoms with Crippen molar-refractivity contribution in [2.45, 2.75) is 61.8 Å². The van der Waals surface area contributed by atoms with Crippen molar-refractivity contribution < 1.29 is 14.3 Å². The Balaban J connectivity index is 1.43. The third-order valence-electron chi connectivity index (χ3n) is 4.69. The number of nitrogens with zero attached hydrogens (tertiary/aromatic N) is 2. The second-order valence-electron chi connectivity index (χ2n) is 6.44. The van der Waals surface area contributed by atoms with Crippen molar-refractivity contribution in [3.05, 3.63) is 5.01 Å². The summed E-state index contributed by atoms with van der Waals surface area (Å²) < 4.78 is 6.56. The minimum Gasteiger partial charge on any atom is -0.458 e. The van der Waals surface area contributed by atoms with Gasteiger partial charge < -0.3 is 10.1 Å². The van der Waals surface area contributed by atoms with Crippen molar-refractivity contribution in [1.29, 1.82) is 0 Å². The van der Waals surface area contributed by atoms with Gasteiger partial charge in [0.25, 0.3) is 0 Å². The molecule has 1 spiro atoms. The lowest BCUT2D eigenvalue weighted by molar-refractivity contribution is -0.153. The highest BCUT2D eigenvalue weighted by atomic mass is 32.2. The molecule has 1 saturated heterocycles. The quantitative estimate of drug-likeness (QED) is 0.472. The van der Waals surface area contributed by atoms with Crippen LogP contribution in [-0.4, -0.2) is 40.0 Å². The number of esters is 1. The monoisotopic (exact) mass is 369 g/mol. The van der Waals surface area contributed by atoms with Crippen molar-refractivity contribution in [2.24, 2.45) is 5.92 Å². The summed E-state index contributed by atoms with van der Waals surface area (Å²) in [4.78, 5) is 24.3. The molecule has 0 aromatic carbocycles. The molecule has 1 atom stereocenters. The average molecular weight is 370 g/mol. The maximum atomic E-state index is 12.5. The first-order valence-corrected chi connectivity index (χ1v) is 10.3. The van der Waals surface area contributed by atoms with Gasteiger partial charge in [-0.3, -0.25) is 9.59 Å². The Labute approximate surface area is 150 Å². The summed E-state index contributed by atoms with van der Waals surface area (Å²) in [6.07, 6.45) is 5.97. The van der Waals surface area contributed by atoms with Crippen molar-refractivity contribution in [3.63, 3.8) is 0 Å². The zero-order chi connectivity index (χ0) is 17.0. The molecule has 3 rings (SSSR count). The molecule has 2 fully saturated rings. The van der Waals surface area contributed by atoms with Crippen LogP contribution in [0.5, 0.6) is 0 Å². The molecule has 0 unspecified atom stereocenters. The molecule has 1 aromatic rings. The van der Waals surface area contributed by atoms with E-state index < -0.39 is 5.60 Å². The molecule has 24 heavy (non-hydrogen) atoms. The van der Waals surface area contributed by atoms with E-state index in [-0.39, 0.29) is 24.2 Å². The number of amides is 1. The normalized spacial score (nSPS) is 22.5. The molecule has 132 valence electrons. The molecule has 1 N–H and O–H groups in total. The molecule has 2 aliphatic rings. The molecule has 1 amide bonds. The van der Waals surface area contributed by atoms with Gasteiger partial charge in [0, 0.05) is 12.3 Å². The molecule has 6 nitrogen and oxygen atoms in total. The van der Waals surface area contributed by atoms with E-state index in [1.165, 1.54) is 0 Å². The summed E-state index contributed by atoms with van der Waals surface area (Å²) in [5, 5.41) is 12.0. The van der Waals surface area contributed by atoms with Crippen LogP contribution in [0, 0.1) is 12.8 Å². The zero-order valence-corrected chi connectivity index (χ0v) is 15.5. The van der Waals surface area contributed by atoms with Crippen molar-refractivity contribution in [3.8, 4) is 0 Å². The summed E-state index contributed by atoms with van der Waals surface area (Å²) in [6, 6.07) is 0. The first-order valence-electron chi connectivity index (χ1n) is 8.51. The molecule has 1 saturated carbocycles. The second kappa shape index (κ2) is 7.82. The third kappa shape index (κ3) is 4.08. The first kappa shape index (κ1) is 17.7. The van der Waals surface area contributed by atoms with Gasteiger partial charge >= 0.3 is 5.97 Å². The lowest BCUT2D eigenvalue weighted by Gasteiger charge is -2.36. The molecular formula is C16H23N3O3S2. The van der Waals surface area contributed by atoms with Gasteiger partial charge in [-0.25, -0.2) is 0 Å². The summed E-state index contributed by atoms with van der Waals surface area (Å²) in [5.41, 5.74) is -0.530. The van der Waals surface area contributed by atoms with E-state index in [4.69, 9.17) is 4.74 Å². The van der Waals surface area contributed by atoms with E-state index in [1.807, 2.05) is 6.92 Å². The van der Waals surface area contributed by atoms with E-state index in [2.05, 4.69) is 15.5 Å². The van der Waals surface area contributed by atoms with Crippen molar-refractivity contribution in [1.82, 2.24) is 15.5 Å². The lowest BCUT2D eigenvalue weighted by Crippen LogP contribution is -2.46. The van der Waals surface area contributed by atoms with Gasteiger partial charge in [-0.05, 0) is 39.0 Å². The maximum absolute atomic E-state index is 12.5. The SMILES string of the molecule is Cc1nnc(SCCCNC(=O)[C@@H]2CC(=O)OC23CCCCC3)s1. The number of carbonyl (C=O) groups is 2. The fourth-order valence-electron chi connectivity index (χ4n) is 3.53. The summed E-state index contributed by atoms with van der Waals surface area (Å²) in [5.74, 6) is 0.322. The van der Waals surface area contributed by atoms with Crippen molar-refractivity contribution in [2.75, 3.05) is 12.3 Å². The van der Waals surface area contributed by atoms with Gasteiger partial charge in [0.1, 0.15) is 10.6 Å². The molecular weight excluding hydrogens is 346 g/mol. The van der Waals surface area contributed by atoms with Crippen LogP contribution in [0.4, 0.5) is 0 Å². The lowest BCUT2D eigenvalue weighted by atomic mass is 9.75. The molecule has 8 heteroatoms. The Morgan fingerprint density at radius 1 is 1.38 bits per heavy atom. The minimum absolute atomic E-state index is 0.0282. The summed E-state index contributed by atoms with van der Waals surface area (Å²) >= 11 is 3.25. The predicted octanol–water partition coefficient (Wildman–Crippen LogP) is 2.71. The van der Waals surface area contributed by atoms with Crippen LogP contribution in [0.1, 0.15) is 50.0 Å². The van der Waals surface area contributed by atoms with E-state index >= 15 is 0 Å². The van der Waals surface area contributed by atoms with Gasteiger partial charge in [0.05, 0.1) is 12.3 Å². The fraction of sp³-hybridized carbons (Fsp3) is 0.750. The topological polar surface area (TPSA) is 81.2 Å². The Bertz CT molecular complexity index is 599. The van der Waals surface area contributed by atoms with Gasteiger partial charge in [0.15, 0.2) is 4.34 Å². The predicted molar refractivity (Wildman–Crippen MR) is 93.0 cm³/mol. The van der Waals surface area contributed by atoms with Crippen molar-refractivity contribution >= 4 is 35.0 Å². The molecule has 1 aliphatic carbocycles. The van der Waals surface area contributed by atoms with Crippen LogP contribution in [0.25, 0.3) is 0 Å². The van der Waals surface area contributed by atoms with E-state index in [1.54, 1.807) is 23.1 Å². The van der Waals surface area contributed by atoms with Gasteiger partial charge in [-0.15, -0.1) is 10.2 Å². The van der Waals surface area contributed by atoms with E-state index in [0.717, 1.165) is 53.6 Å². The molecule has 1 aromatic heterocycles. The average Bonchev–Trinajstić information content (AvgIpc) is 3.11. The highest BCUT2D eigenvalue weighted by molar-refractivity contribution is 8.01. The summed E-state index contributed by atoms with van der Waals surface area (Å²) in [6.45, 7) is 2.55. The van der Waals surface area contributed by atoms with Gasteiger partial charge in [-0.1, -0.05) is 29.5 Å². The van der Waals surface area contributed by atoms with Crippen LogP contribution in [-0.2, 0) is 14.3 Å². The Hall–Kier alpha value is -1.15. The third-order valence-corrected chi connectivity index (χ3v) is 6.75. The number of ether oxygens (including phenoxy) is 1. The smallest absolute Gasteiger partial charge is 0.307 e. The van der Waals surface area contributed by atoms with Gasteiger partial charge in [0.2, 0.25) is 5.91 Å². The van der Waals surface area contributed by atoms with Crippen LogP contribution in [0.2, 0.25) is 0 Å². The Kier molecular flexibility index (Phi) is 5.76. The summed E-state index contributed by atoms with van der Waals surface area (Å²) in [7, 11) is 0.